The van der Waals surface area contributed by atoms with Crippen molar-refractivity contribution in [3.63, 3.8) is 0 Å². The van der Waals surface area contributed by atoms with E-state index in [2.05, 4.69) is 5.32 Å². The first kappa shape index (κ1) is 25.4. The third kappa shape index (κ3) is 5.93. The van der Waals surface area contributed by atoms with Crippen LogP contribution in [0.15, 0.2) is 71.6 Å². The molecule has 4 rings (SSSR count). The molecule has 0 spiro atoms. The fourth-order valence-electron chi connectivity index (χ4n) is 4.35. The Morgan fingerprint density at radius 2 is 1.80 bits per heavy atom. The van der Waals surface area contributed by atoms with Crippen molar-refractivity contribution in [2.45, 2.75) is 30.2 Å². The second-order valence-corrected chi connectivity index (χ2v) is 11.3. The molecule has 0 aromatic heterocycles. The summed E-state index contributed by atoms with van der Waals surface area (Å²) in [4.78, 5) is 14.2. The van der Waals surface area contributed by atoms with Gasteiger partial charge in [0.25, 0.3) is 0 Å². The lowest BCUT2D eigenvalue weighted by Crippen LogP contribution is -2.54. The van der Waals surface area contributed by atoms with Crippen molar-refractivity contribution in [2.75, 3.05) is 26.7 Å². The molecule has 0 aliphatic carbocycles. The summed E-state index contributed by atoms with van der Waals surface area (Å²) < 4.78 is 32.0. The first-order valence-corrected chi connectivity index (χ1v) is 13.4. The quantitative estimate of drug-likeness (QED) is 0.477. The van der Waals surface area contributed by atoms with Crippen molar-refractivity contribution < 1.29 is 17.9 Å². The largest absolute Gasteiger partial charge is 0.469 e. The van der Waals surface area contributed by atoms with Crippen LogP contribution in [0.2, 0.25) is 5.02 Å². The lowest BCUT2D eigenvalue weighted by molar-refractivity contribution is -0.139. The number of sulfone groups is 1. The molecule has 1 unspecified atom stereocenters. The molecule has 1 N–H and O–H groups in total. The van der Waals surface area contributed by atoms with Gasteiger partial charge in [0, 0.05) is 31.2 Å². The number of halogens is 1. The summed E-state index contributed by atoms with van der Waals surface area (Å²) in [6.45, 7) is 3.97. The van der Waals surface area contributed by atoms with Gasteiger partial charge in [-0.2, -0.15) is 0 Å². The lowest BCUT2D eigenvalue weighted by atomic mass is 9.96. The van der Waals surface area contributed by atoms with Gasteiger partial charge in [0.2, 0.25) is 0 Å². The summed E-state index contributed by atoms with van der Waals surface area (Å²) in [7, 11) is -2.22. The average Bonchev–Trinajstić information content (AvgIpc) is 2.85. The Morgan fingerprint density at radius 3 is 2.49 bits per heavy atom. The molecule has 1 atom stereocenters. The predicted octanol–water partition coefficient (Wildman–Crippen LogP) is 4.24. The Morgan fingerprint density at radius 1 is 1.09 bits per heavy atom. The zero-order valence-electron chi connectivity index (χ0n) is 19.8. The monoisotopic (exact) mass is 512 g/mol. The highest BCUT2D eigenvalue weighted by Gasteiger charge is 2.35. The van der Waals surface area contributed by atoms with Crippen LogP contribution in [0.1, 0.15) is 16.7 Å². The van der Waals surface area contributed by atoms with Gasteiger partial charge in [-0.3, -0.25) is 9.69 Å². The number of carbonyl (C=O) groups is 1. The van der Waals surface area contributed by atoms with E-state index in [9.17, 15) is 13.2 Å². The zero-order valence-corrected chi connectivity index (χ0v) is 21.4. The number of nitrogens with zero attached hydrogens (tertiary/aromatic N) is 1. The average molecular weight is 513 g/mol. The molecule has 0 radical (unpaired) electrons. The van der Waals surface area contributed by atoms with Gasteiger partial charge in [0.05, 0.1) is 18.4 Å². The van der Waals surface area contributed by atoms with E-state index in [0.29, 0.717) is 36.1 Å². The van der Waals surface area contributed by atoms with Gasteiger partial charge in [-0.15, -0.1) is 0 Å². The number of ether oxygens (including phenoxy) is 1. The Kier molecular flexibility index (Phi) is 7.91. The molecule has 1 aliphatic rings. The number of hydrogen-bond acceptors (Lipinski definition) is 6. The molecule has 1 aliphatic heterocycles. The maximum atomic E-state index is 13.6. The zero-order chi connectivity index (χ0) is 25.0. The SMILES string of the molecule is COC(=O)Cc1ccc(-c2ccc(Cl)cc2)c(CN2CCNCC2S(=O)(=O)c2ccc(C)cc2)c1. The van der Waals surface area contributed by atoms with E-state index in [-0.39, 0.29) is 12.4 Å². The van der Waals surface area contributed by atoms with E-state index in [1.807, 2.05) is 66.4 Å². The molecule has 1 saturated heterocycles. The van der Waals surface area contributed by atoms with Crippen molar-refractivity contribution >= 4 is 27.4 Å². The van der Waals surface area contributed by atoms with Gasteiger partial charge in [-0.25, -0.2) is 8.42 Å². The molecule has 3 aromatic rings. The Balaban J connectivity index is 1.71. The van der Waals surface area contributed by atoms with E-state index in [4.69, 9.17) is 16.3 Å². The number of carbonyl (C=O) groups excluding carboxylic acids is 1. The number of rotatable bonds is 7. The summed E-state index contributed by atoms with van der Waals surface area (Å²) in [5.74, 6) is -0.322. The van der Waals surface area contributed by atoms with Crippen molar-refractivity contribution in [1.82, 2.24) is 10.2 Å². The molecule has 0 bridgehead atoms. The molecule has 8 heteroatoms. The highest BCUT2D eigenvalue weighted by atomic mass is 35.5. The molecule has 3 aromatic carbocycles. The number of nitrogens with one attached hydrogen (secondary N) is 1. The van der Waals surface area contributed by atoms with Gasteiger partial charge in [-0.05, 0) is 53.4 Å². The third-order valence-electron chi connectivity index (χ3n) is 6.28. The van der Waals surface area contributed by atoms with Crippen LogP contribution < -0.4 is 5.32 Å². The second kappa shape index (κ2) is 10.9. The van der Waals surface area contributed by atoms with Crippen LogP contribution >= 0.6 is 11.6 Å². The smallest absolute Gasteiger partial charge is 0.309 e. The number of hydrogen-bond donors (Lipinski definition) is 1. The maximum Gasteiger partial charge on any atom is 0.309 e. The topological polar surface area (TPSA) is 75.7 Å². The summed E-state index contributed by atoms with van der Waals surface area (Å²) in [5, 5.41) is 3.17. The molecule has 6 nitrogen and oxygen atoms in total. The Bertz CT molecular complexity index is 1290. The molecule has 0 amide bonds. The van der Waals surface area contributed by atoms with Crippen LogP contribution in [0.25, 0.3) is 11.1 Å². The first-order chi connectivity index (χ1) is 16.8. The maximum absolute atomic E-state index is 13.6. The third-order valence-corrected chi connectivity index (χ3v) is 8.65. The van der Waals surface area contributed by atoms with Crippen LogP contribution in [0, 0.1) is 6.92 Å². The van der Waals surface area contributed by atoms with Gasteiger partial charge in [0.15, 0.2) is 9.84 Å². The molecule has 1 heterocycles. The fraction of sp³-hybridized carbons (Fsp3) is 0.296. The molecular weight excluding hydrogens is 484 g/mol. The number of benzene rings is 3. The first-order valence-electron chi connectivity index (χ1n) is 11.5. The Labute approximate surface area is 211 Å². The minimum absolute atomic E-state index is 0.150. The van der Waals surface area contributed by atoms with Crippen LogP contribution in [0.5, 0.6) is 0 Å². The molecule has 0 saturated carbocycles. The van der Waals surface area contributed by atoms with Crippen LogP contribution in [-0.4, -0.2) is 51.4 Å². The van der Waals surface area contributed by atoms with Crippen molar-refractivity contribution in [2.24, 2.45) is 0 Å². The second-order valence-electron chi connectivity index (χ2n) is 8.74. The minimum Gasteiger partial charge on any atom is -0.469 e. The van der Waals surface area contributed by atoms with E-state index in [1.54, 1.807) is 12.1 Å². The Hall–Kier alpha value is -2.71. The predicted molar refractivity (Wildman–Crippen MR) is 138 cm³/mol. The number of esters is 1. The van der Waals surface area contributed by atoms with Crippen LogP contribution in [0.3, 0.4) is 0 Å². The van der Waals surface area contributed by atoms with Gasteiger partial charge in [-0.1, -0.05) is 59.6 Å². The van der Waals surface area contributed by atoms with E-state index in [0.717, 1.165) is 27.8 Å². The number of methoxy groups -OCH3 is 1. The summed E-state index contributed by atoms with van der Waals surface area (Å²) in [5.41, 5.74) is 4.72. The van der Waals surface area contributed by atoms with Crippen molar-refractivity contribution in [1.29, 1.82) is 0 Å². The van der Waals surface area contributed by atoms with E-state index < -0.39 is 15.2 Å². The highest BCUT2D eigenvalue weighted by molar-refractivity contribution is 7.92. The number of piperazine rings is 1. The van der Waals surface area contributed by atoms with Crippen molar-refractivity contribution in [3.8, 4) is 11.1 Å². The fourth-order valence-corrected chi connectivity index (χ4v) is 6.22. The molecule has 1 fully saturated rings. The highest BCUT2D eigenvalue weighted by Crippen LogP contribution is 2.30. The summed E-state index contributed by atoms with van der Waals surface area (Å²) in [6.07, 6.45) is 0.150. The number of aryl methyl sites for hydroxylation is 1. The summed E-state index contributed by atoms with van der Waals surface area (Å²) >= 11 is 6.10. The molecule has 184 valence electrons. The molecule has 35 heavy (non-hydrogen) atoms. The van der Waals surface area contributed by atoms with Crippen LogP contribution in [-0.2, 0) is 32.3 Å². The minimum atomic E-state index is -3.59. The van der Waals surface area contributed by atoms with Gasteiger partial charge >= 0.3 is 5.97 Å². The summed E-state index contributed by atoms with van der Waals surface area (Å²) in [6, 6.07) is 20.4. The van der Waals surface area contributed by atoms with E-state index in [1.165, 1.54) is 7.11 Å². The standard InChI is InChI=1S/C27H29ClN2O4S/c1-19-3-10-24(11-4-19)35(32,33)26-17-29-13-14-30(26)18-22-15-20(16-27(31)34-2)5-12-25(22)21-6-8-23(28)9-7-21/h3-12,15,26,29H,13-14,16-18H2,1-2H3. The molecular formula is C27H29ClN2O4S. The normalized spacial score (nSPS) is 16.7. The van der Waals surface area contributed by atoms with Crippen molar-refractivity contribution in [3.05, 3.63) is 88.4 Å². The van der Waals surface area contributed by atoms with Gasteiger partial charge < -0.3 is 10.1 Å². The van der Waals surface area contributed by atoms with Gasteiger partial charge in [0.1, 0.15) is 5.37 Å². The lowest BCUT2D eigenvalue weighted by Gasteiger charge is -2.36. The van der Waals surface area contributed by atoms with Crippen LogP contribution in [0.4, 0.5) is 0 Å². The van der Waals surface area contributed by atoms with E-state index >= 15 is 0 Å².